The zero-order valence-corrected chi connectivity index (χ0v) is 11.4. The molecule has 21 heavy (non-hydrogen) atoms. The molecule has 5 nitrogen and oxygen atoms in total. The fraction of sp³-hybridized carbons (Fsp3) is 0.0625. The smallest absolute Gasteiger partial charge is 0.222 e. The third-order valence-corrected chi connectivity index (χ3v) is 2.76. The quantitative estimate of drug-likeness (QED) is 0.485. The van der Waals surface area contributed by atoms with E-state index in [1.807, 2.05) is 0 Å². The maximum Gasteiger partial charge on any atom is 0.231 e. The minimum Gasteiger partial charge on any atom is -0.222 e. The van der Waals surface area contributed by atoms with Gasteiger partial charge in [0.25, 0.3) is 0 Å². The van der Waals surface area contributed by atoms with E-state index < -0.39 is 0 Å². The molecule has 0 saturated carbocycles. The third-order valence-electron chi connectivity index (χ3n) is 2.76. The van der Waals surface area contributed by atoms with Crippen molar-refractivity contribution in [3.8, 4) is 28.8 Å². The highest BCUT2D eigenvalue weighted by molar-refractivity contribution is 6.03. The van der Waals surface area contributed by atoms with E-state index in [1.54, 1.807) is 0 Å². The molecule has 2 aromatic rings. The molecular weight excluding hydrogens is 266 g/mol. The number of isocyanates is 2. The minimum absolute atomic E-state index is 0.750. The van der Waals surface area contributed by atoms with Gasteiger partial charge in [-0.2, -0.15) is 0 Å². The van der Waals surface area contributed by atoms with Crippen LogP contribution in [0.3, 0.4) is 0 Å². The molecule has 0 aliphatic heterocycles. The average Bonchev–Trinajstić information content (AvgIpc) is 2.48. The largest absolute Gasteiger partial charge is 0.231 e. The summed E-state index contributed by atoms with van der Waals surface area (Å²) in [5, 5.41) is 17.3. The molecule has 1 aliphatic carbocycles. The van der Waals surface area contributed by atoms with Crippen molar-refractivity contribution in [3.63, 3.8) is 0 Å². The highest BCUT2D eigenvalue weighted by Crippen LogP contribution is 2.48. The molecule has 1 aliphatic rings. The molecule has 2 N–H and O–H groups in total. The summed E-state index contributed by atoms with van der Waals surface area (Å²) in [5.74, 6) is 0. The van der Waals surface area contributed by atoms with E-state index in [9.17, 15) is 0 Å². The molecule has 104 valence electrons. The van der Waals surface area contributed by atoms with Crippen molar-refractivity contribution >= 4 is 12.2 Å². The van der Waals surface area contributed by atoms with Crippen molar-refractivity contribution in [1.29, 1.82) is 16.1 Å². The molecule has 2 aromatic carbocycles. The topological polar surface area (TPSA) is 106 Å². The molecule has 0 radical (unpaired) electrons. The van der Waals surface area contributed by atoms with Crippen LogP contribution in [0.2, 0.25) is 0 Å². The number of benzene rings is 2. The highest BCUT2D eigenvalue weighted by atomic mass is 16.1. The number of hydrogen-bond acceptors (Lipinski definition) is 5. The second kappa shape index (κ2) is 9.60. The van der Waals surface area contributed by atoms with Crippen LogP contribution < -0.4 is 0 Å². The summed E-state index contributed by atoms with van der Waals surface area (Å²) in [6.07, 6.45) is 1.50. The third kappa shape index (κ3) is 4.09. The second-order valence-corrected chi connectivity index (χ2v) is 3.75. The summed E-state index contributed by atoms with van der Waals surface area (Å²) in [4.78, 5) is 16.7. The van der Waals surface area contributed by atoms with E-state index in [0.717, 1.165) is 12.2 Å². The summed E-state index contributed by atoms with van der Waals surface area (Å²) < 4.78 is 0. The summed E-state index contributed by atoms with van der Waals surface area (Å²) in [7, 11) is 0. The Bertz CT molecular complexity index is 682. The lowest BCUT2D eigenvalue weighted by Crippen LogP contribution is -1.99. The SMILES string of the molecule is C#N.Cc1cccc2c1-c1ccccc1-2.N=C=O.N=C=O. The van der Waals surface area contributed by atoms with Gasteiger partial charge in [-0.05, 0) is 34.7 Å². The first-order chi connectivity index (χ1) is 10.2. The zero-order valence-electron chi connectivity index (χ0n) is 11.4. The summed E-state index contributed by atoms with van der Waals surface area (Å²) in [6.45, 7) is 5.68. The van der Waals surface area contributed by atoms with E-state index in [0.29, 0.717) is 0 Å². The first-order valence-electron chi connectivity index (χ1n) is 5.74. The van der Waals surface area contributed by atoms with Crippen molar-refractivity contribution in [2.24, 2.45) is 0 Å². The van der Waals surface area contributed by atoms with Gasteiger partial charge < -0.3 is 0 Å². The Hall–Kier alpha value is -3.31. The van der Waals surface area contributed by atoms with E-state index in [1.165, 1.54) is 27.8 Å². The fourth-order valence-electron chi connectivity index (χ4n) is 2.12. The first kappa shape index (κ1) is 17.7. The lowest BCUT2D eigenvalue weighted by atomic mass is 9.78. The van der Waals surface area contributed by atoms with Gasteiger partial charge in [-0.1, -0.05) is 42.5 Å². The summed E-state index contributed by atoms with van der Waals surface area (Å²) >= 11 is 0. The normalized spacial score (nSPS) is 7.95. The molecule has 0 unspecified atom stereocenters. The summed E-state index contributed by atoms with van der Waals surface area (Å²) in [5.41, 5.74) is 7.06. The standard InChI is InChI=1S/C13H10.2CHNO.CHN/c1-9-5-4-8-12-10-6-2-3-7-11(10)13(9)12;2*2-1-3;1-2/h2-8H,1H3;2*2H;1H. The molecule has 0 saturated heterocycles. The maximum absolute atomic E-state index is 8.35. The number of nitrogens with one attached hydrogen (secondary N) is 2. The number of nitrogens with zero attached hydrogens (tertiary/aromatic N) is 1. The van der Waals surface area contributed by atoms with Gasteiger partial charge in [0.15, 0.2) is 0 Å². The van der Waals surface area contributed by atoms with Gasteiger partial charge in [0, 0.05) is 6.57 Å². The Kier molecular flexibility index (Phi) is 8.09. The molecule has 0 heterocycles. The number of fused-ring (bicyclic) bond motifs is 4. The van der Waals surface area contributed by atoms with Gasteiger partial charge in [0.2, 0.25) is 12.2 Å². The molecule has 0 aromatic heterocycles. The molecule has 3 rings (SSSR count). The lowest BCUT2D eigenvalue weighted by molar-refractivity contribution is 0.562. The predicted octanol–water partition coefficient (Wildman–Crippen LogP) is 3.58. The number of nitriles is 1. The molecule has 0 atom stereocenters. The molecule has 0 amide bonds. The van der Waals surface area contributed by atoms with Crippen molar-refractivity contribution in [2.75, 3.05) is 0 Å². The van der Waals surface area contributed by atoms with Crippen LogP contribution in [-0.2, 0) is 9.59 Å². The molecule has 0 fully saturated rings. The van der Waals surface area contributed by atoms with Gasteiger partial charge in [0.1, 0.15) is 0 Å². The van der Waals surface area contributed by atoms with Crippen LogP contribution in [0, 0.1) is 29.6 Å². The van der Waals surface area contributed by atoms with E-state index in [-0.39, 0.29) is 0 Å². The molecule has 5 heteroatoms. The van der Waals surface area contributed by atoms with Crippen LogP contribution in [0.1, 0.15) is 5.56 Å². The Morgan fingerprint density at radius 3 is 1.81 bits per heavy atom. The lowest BCUT2D eigenvalue weighted by Gasteiger charge is -2.25. The van der Waals surface area contributed by atoms with E-state index in [4.69, 9.17) is 25.7 Å². The first-order valence-corrected chi connectivity index (χ1v) is 5.74. The Balaban J connectivity index is 0.000000430. The van der Waals surface area contributed by atoms with Crippen molar-refractivity contribution in [1.82, 2.24) is 0 Å². The van der Waals surface area contributed by atoms with Gasteiger partial charge in [-0.3, -0.25) is 0 Å². The number of carbonyl (C=O) groups excluding carboxylic acids is 2. The molecular formula is C16H13N3O2. The Morgan fingerprint density at radius 2 is 1.29 bits per heavy atom. The zero-order chi connectivity index (χ0) is 16.3. The van der Waals surface area contributed by atoms with Gasteiger partial charge >= 0.3 is 0 Å². The van der Waals surface area contributed by atoms with E-state index >= 15 is 0 Å². The minimum atomic E-state index is 0.750. The van der Waals surface area contributed by atoms with Crippen molar-refractivity contribution < 1.29 is 9.59 Å². The number of aryl methyl sites for hydroxylation is 1. The number of hydrogen-bond donors (Lipinski definition) is 2. The van der Waals surface area contributed by atoms with Crippen LogP contribution in [0.5, 0.6) is 0 Å². The van der Waals surface area contributed by atoms with Crippen LogP contribution in [0.4, 0.5) is 0 Å². The monoisotopic (exact) mass is 279 g/mol. The highest BCUT2D eigenvalue weighted by Gasteiger charge is 2.22. The molecule has 0 spiro atoms. The van der Waals surface area contributed by atoms with Gasteiger partial charge in [-0.25, -0.2) is 25.7 Å². The van der Waals surface area contributed by atoms with Gasteiger partial charge in [-0.15, -0.1) is 0 Å². The van der Waals surface area contributed by atoms with E-state index in [2.05, 4.69) is 56.0 Å². The average molecular weight is 279 g/mol. The van der Waals surface area contributed by atoms with Crippen LogP contribution in [0.15, 0.2) is 42.5 Å². The van der Waals surface area contributed by atoms with Crippen LogP contribution in [0.25, 0.3) is 22.3 Å². The van der Waals surface area contributed by atoms with Crippen molar-refractivity contribution in [3.05, 3.63) is 48.0 Å². The Morgan fingerprint density at radius 1 is 0.857 bits per heavy atom. The number of rotatable bonds is 0. The second-order valence-electron chi connectivity index (χ2n) is 3.75. The predicted molar refractivity (Wildman–Crippen MR) is 79.1 cm³/mol. The Labute approximate surface area is 122 Å². The van der Waals surface area contributed by atoms with Crippen LogP contribution in [-0.4, -0.2) is 12.2 Å². The molecule has 0 bridgehead atoms. The van der Waals surface area contributed by atoms with Crippen molar-refractivity contribution in [2.45, 2.75) is 6.92 Å². The fourth-order valence-corrected chi connectivity index (χ4v) is 2.12. The van der Waals surface area contributed by atoms with Crippen LogP contribution >= 0.6 is 0 Å². The van der Waals surface area contributed by atoms with Gasteiger partial charge in [0.05, 0.1) is 0 Å². The maximum atomic E-state index is 8.35. The summed E-state index contributed by atoms with van der Waals surface area (Å²) in [6, 6.07) is 15.1.